The van der Waals surface area contributed by atoms with Crippen LogP contribution < -0.4 is 0 Å². The summed E-state index contributed by atoms with van der Waals surface area (Å²) in [5.74, 6) is -0.144. The van der Waals surface area contributed by atoms with Gasteiger partial charge in [0.15, 0.2) is 0 Å². The lowest BCUT2D eigenvalue weighted by Crippen LogP contribution is -2.30. The fourth-order valence-electron chi connectivity index (χ4n) is 2.23. The van der Waals surface area contributed by atoms with E-state index in [1.807, 2.05) is 45.0 Å². The van der Waals surface area contributed by atoms with Gasteiger partial charge in [-0.15, -0.1) is 0 Å². The van der Waals surface area contributed by atoms with Gasteiger partial charge in [-0.05, 0) is 49.6 Å². The first-order valence-corrected chi connectivity index (χ1v) is 6.75. The van der Waals surface area contributed by atoms with Crippen LogP contribution in [-0.4, -0.2) is 5.78 Å². The van der Waals surface area contributed by atoms with Gasteiger partial charge in [0.1, 0.15) is 11.6 Å². The van der Waals surface area contributed by atoms with Crippen LogP contribution in [0.5, 0.6) is 0 Å². The van der Waals surface area contributed by atoms with E-state index in [1.54, 1.807) is 12.1 Å². The van der Waals surface area contributed by atoms with Crippen LogP contribution in [0.3, 0.4) is 0 Å². The quantitative estimate of drug-likeness (QED) is 0.812. The number of hydrogen-bond donors (Lipinski definition) is 0. The van der Waals surface area contributed by atoms with Crippen molar-refractivity contribution < 1.29 is 9.18 Å². The van der Waals surface area contributed by atoms with Crippen LogP contribution in [-0.2, 0) is 16.6 Å². The number of rotatable bonds is 4. The molecule has 0 aliphatic heterocycles. The van der Waals surface area contributed by atoms with Gasteiger partial charge in [0.2, 0.25) is 0 Å². The Labute approximate surface area is 119 Å². The van der Waals surface area contributed by atoms with E-state index in [0.717, 1.165) is 16.7 Å². The first kappa shape index (κ1) is 14.4. The van der Waals surface area contributed by atoms with E-state index in [2.05, 4.69) is 0 Å². The predicted octanol–water partition coefficient (Wildman–Crippen LogP) is 4.22. The van der Waals surface area contributed by atoms with Gasteiger partial charge in [-0.25, -0.2) is 4.39 Å². The van der Waals surface area contributed by atoms with Crippen LogP contribution in [0.25, 0.3) is 0 Å². The molecule has 0 atom stereocenters. The Kier molecular flexibility index (Phi) is 4.03. The zero-order valence-electron chi connectivity index (χ0n) is 12.1. The lowest BCUT2D eigenvalue weighted by atomic mass is 9.78. The lowest BCUT2D eigenvalue weighted by Gasteiger charge is -2.24. The number of carbonyl (C=O) groups excluding carboxylic acids is 1. The fraction of sp³-hybridized carbons (Fsp3) is 0.278. The molecule has 0 bridgehead atoms. The molecule has 0 aliphatic carbocycles. The van der Waals surface area contributed by atoms with E-state index in [0.29, 0.717) is 6.42 Å². The second-order valence-electron chi connectivity index (χ2n) is 5.66. The van der Waals surface area contributed by atoms with Gasteiger partial charge in [0.25, 0.3) is 0 Å². The monoisotopic (exact) mass is 270 g/mol. The van der Waals surface area contributed by atoms with Gasteiger partial charge in [-0.3, -0.25) is 4.79 Å². The van der Waals surface area contributed by atoms with E-state index in [4.69, 9.17) is 0 Å². The molecule has 0 spiro atoms. The molecule has 0 unspecified atom stereocenters. The van der Waals surface area contributed by atoms with E-state index in [9.17, 15) is 9.18 Å². The van der Waals surface area contributed by atoms with Crippen LogP contribution in [0.15, 0.2) is 48.5 Å². The Morgan fingerprint density at radius 1 is 1.05 bits per heavy atom. The van der Waals surface area contributed by atoms with E-state index in [1.165, 1.54) is 12.1 Å². The van der Waals surface area contributed by atoms with E-state index >= 15 is 0 Å². The summed E-state index contributed by atoms with van der Waals surface area (Å²) in [5.41, 5.74) is 2.40. The van der Waals surface area contributed by atoms with Gasteiger partial charge < -0.3 is 0 Å². The summed E-state index contributed by atoms with van der Waals surface area (Å²) in [6.45, 7) is 5.79. The van der Waals surface area contributed by atoms with Crippen LogP contribution in [0.2, 0.25) is 0 Å². The predicted molar refractivity (Wildman–Crippen MR) is 79.3 cm³/mol. The first-order chi connectivity index (χ1) is 9.41. The lowest BCUT2D eigenvalue weighted by molar-refractivity contribution is -0.122. The summed E-state index contributed by atoms with van der Waals surface area (Å²) in [7, 11) is 0. The Balaban J connectivity index is 2.23. The highest BCUT2D eigenvalue weighted by Crippen LogP contribution is 2.26. The number of halogens is 1. The van der Waals surface area contributed by atoms with Crippen LogP contribution in [0.4, 0.5) is 4.39 Å². The molecule has 104 valence electrons. The number of ketones is 1. The molecule has 2 heteroatoms. The Hall–Kier alpha value is -1.96. The van der Waals surface area contributed by atoms with Crippen molar-refractivity contribution in [3.8, 4) is 0 Å². The van der Waals surface area contributed by atoms with Crippen molar-refractivity contribution >= 4 is 5.78 Å². The van der Waals surface area contributed by atoms with Gasteiger partial charge in [0.05, 0.1) is 0 Å². The summed E-state index contributed by atoms with van der Waals surface area (Å²) in [5, 5.41) is 0. The summed E-state index contributed by atoms with van der Waals surface area (Å²) < 4.78 is 13.0. The number of hydrogen-bond acceptors (Lipinski definition) is 1. The van der Waals surface area contributed by atoms with Crippen LogP contribution in [0, 0.1) is 12.7 Å². The highest BCUT2D eigenvalue weighted by atomic mass is 19.1. The minimum absolute atomic E-state index is 0.137. The standard InChI is InChI=1S/C18H19FO/c1-13-6-4-5-7-14(13)12-17(20)18(2,3)15-8-10-16(19)11-9-15/h4-11H,12H2,1-3H3. The Bertz CT molecular complexity index is 612. The average Bonchev–Trinajstić information content (AvgIpc) is 2.41. The van der Waals surface area contributed by atoms with E-state index in [-0.39, 0.29) is 11.6 Å². The Morgan fingerprint density at radius 3 is 2.25 bits per heavy atom. The van der Waals surface area contributed by atoms with Gasteiger partial charge in [-0.2, -0.15) is 0 Å². The average molecular weight is 270 g/mol. The number of Topliss-reactive ketones (excluding diaryl/α,β-unsaturated/α-hetero) is 1. The van der Waals surface area contributed by atoms with Gasteiger partial charge in [0, 0.05) is 11.8 Å². The molecule has 0 amide bonds. The minimum atomic E-state index is -0.615. The molecule has 0 saturated carbocycles. The molecule has 0 aromatic heterocycles. The molecule has 0 saturated heterocycles. The molecular weight excluding hydrogens is 251 g/mol. The molecule has 0 heterocycles. The molecule has 0 fully saturated rings. The van der Waals surface area contributed by atoms with Gasteiger partial charge in [-0.1, -0.05) is 36.4 Å². The zero-order chi connectivity index (χ0) is 14.8. The maximum absolute atomic E-state index is 13.0. The molecular formula is C18H19FO. The maximum Gasteiger partial charge on any atom is 0.147 e. The first-order valence-electron chi connectivity index (χ1n) is 6.75. The third-order valence-corrected chi connectivity index (χ3v) is 3.88. The maximum atomic E-state index is 13.0. The zero-order valence-corrected chi connectivity index (χ0v) is 12.1. The highest BCUT2D eigenvalue weighted by Gasteiger charge is 2.29. The topological polar surface area (TPSA) is 17.1 Å². The van der Waals surface area contributed by atoms with Crippen molar-refractivity contribution in [2.24, 2.45) is 0 Å². The Morgan fingerprint density at radius 2 is 1.65 bits per heavy atom. The number of aryl methyl sites for hydroxylation is 1. The highest BCUT2D eigenvalue weighted by molar-refractivity contribution is 5.91. The van der Waals surface area contributed by atoms with Crippen molar-refractivity contribution in [3.05, 3.63) is 71.0 Å². The SMILES string of the molecule is Cc1ccccc1CC(=O)C(C)(C)c1ccc(F)cc1. The summed E-state index contributed by atoms with van der Waals surface area (Å²) >= 11 is 0. The smallest absolute Gasteiger partial charge is 0.147 e. The van der Waals surface area contributed by atoms with Gasteiger partial charge >= 0.3 is 0 Å². The second-order valence-corrected chi connectivity index (χ2v) is 5.66. The number of benzene rings is 2. The second kappa shape index (κ2) is 5.58. The molecule has 0 N–H and O–H groups in total. The van der Waals surface area contributed by atoms with Crippen LogP contribution in [0.1, 0.15) is 30.5 Å². The summed E-state index contributed by atoms with van der Waals surface area (Å²) in [6.07, 6.45) is 0.400. The molecule has 2 aromatic carbocycles. The third-order valence-electron chi connectivity index (χ3n) is 3.88. The molecule has 0 radical (unpaired) electrons. The molecule has 2 rings (SSSR count). The molecule has 2 aromatic rings. The normalized spacial score (nSPS) is 11.4. The fourth-order valence-corrected chi connectivity index (χ4v) is 2.23. The van der Waals surface area contributed by atoms with E-state index < -0.39 is 5.41 Å². The van der Waals surface area contributed by atoms with Crippen LogP contribution >= 0.6 is 0 Å². The third kappa shape index (κ3) is 2.96. The largest absolute Gasteiger partial charge is 0.298 e. The van der Waals surface area contributed by atoms with Crippen molar-refractivity contribution in [3.63, 3.8) is 0 Å². The molecule has 1 nitrogen and oxygen atoms in total. The minimum Gasteiger partial charge on any atom is -0.298 e. The molecule has 20 heavy (non-hydrogen) atoms. The molecule has 0 aliphatic rings. The summed E-state index contributed by atoms with van der Waals surface area (Å²) in [6, 6.07) is 14.1. The van der Waals surface area contributed by atoms with Crippen molar-refractivity contribution in [1.29, 1.82) is 0 Å². The summed E-state index contributed by atoms with van der Waals surface area (Å²) in [4.78, 5) is 12.6. The number of carbonyl (C=O) groups is 1. The van der Waals surface area contributed by atoms with Crippen molar-refractivity contribution in [2.75, 3.05) is 0 Å². The van der Waals surface area contributed by atoms with Crippen molar-refractivity contribution in [1.82, 2.24) is 0 Å². The van der Waals surface area contributed by atoms with Crippen molar-refractivity contribution in [2.45, 2.75) is 32.6 Å².